The zero-order chi connectivity index (χ0) is 9.26. The van der Waals surface area contributed by atoms with Crippen LogP contribution in [0.2, 0.25) is 0 Å². The van der Waals surface area contributed by atoms with E-state index in [-0.39, 0.29) is 11.9 Å². The molecule has 4 heteroatoms. The number of likely N-dealkylation sites (N-methyl/N-ethyl adjacent to an activating group) is 1. The summed E-state index contributed by atoms with van der Waals surface area (Å²) in [5.41, 5.74) is 0. The van der Waals surface area contributed by atoms with E-state index >= 15 is 0 Å². The summed E-state index contributed by atoms with van der Waals surface area (Å²) in [7, 11) is 1.71. The van der Waals surface area contributed by atoms with Gasteiger partial charge in [0.25, 0.3) is 0 Å². The molecule has 0 bridgehead atoms. The van der Waals surface area contributed by atoms with Crippen LogP contribution >= 0.6 is 0 Å². The van der Waals surface area contributed by atoms with E-state index in [0.29, 0.717) is 6.04 Å². The molecule has 13 heavy (non-hydrogen) atoms. The van der Waals surface area contributed by atoms with Gasteiger partial charge in [-0.25, -0.2) is 0 Å². The minimum atomic E-state index is 0.0613. The van der Waals surface area contributed by atoms with E-state index in [1.807, 2.05) is 0 Å². The number of nitrogens with zero attached hydrogens (tertiary/aromatic N) is 1. The lowest BCUT2D eigenvalue weighted by molar-refractivity contribution is -0.126. The highest BCUT2D eigenvalue weighted by molar-refractivity contribution is 5.81. The monoisotopic (exact) mass is 183 g/mol. The second-order valence-corrected chi connectivity index (χ2v) is 3.80. The standard InChI is InChI=1S/C9H17N3O/c1-10-9(13)8-6-11-4-5-12(8)7-2-3-7/h7-8,11H,2-6H2,1H3,(H,10,13). The maximum atomic E-state index is 11.5. The van der Waals surface area contributed by atoms with Gasteiger partial charge in [-0.3, -0.25) is 9.69 Å². The maximum absolute atomic E-state index is 11.5. The van der Waals surface area contributed by atoms with Crippen molar-refractivity contribution in [2.24, 2.45) is 0 Å². The number of rotatable bonds is 2. The average Bonchev–Trinajstić information content (AvgIpc) is 3.00. The second-order valence-electron chi connectivity index (χ2n) is 3.80. The topological polar surface area (TPSA) is 44.4 Å². The van der Waals surface area contributed by atoms with Crippen LogP contribution in [0.25, 0.3) is 0 Å². The predicted molar refractivity (Wildman–Crippen MR) is 50.5 cm³/mol. The summed E-state index contributed by atoms with van der Waals surface area (Å²) in [4.78, 5) is 13.9. The number of amides is 1. The van der Waals surface area contributed by atoms with Crippen molar-refractivity contribution < 1.29 is 4.79 Å². The van der Waals surface area contributed by atoms with Gasteiger partial charge in [0.05, 0.1) is 0 Å². The van der Waals surface area contributed by atoms with E-state index in [0.717, 1.165) is 19.6 Å². The van der Waals surface area contributed by atoms with Crippen molar-refractivity contribution in [3.63, 3.8) is 0 Å². The molecule has 0 aromatic heterocycles. The third-order valence-electron chi connectivity index (χ3n) is 2.85. The largest absolute Gasteiger partial charge is 0.358 e. The number of carbonyl (C=O) groups is 1. The van der Waals surface area contributed by atoms with Crippen LogP contribution in [0.4, 0.5) is 0 Å². The molecule has 1 aliphatic heterocycles. The predicted octanol–water partition coefficient (Wildman–Crippen LogP) is -0.831. The van der Waals surface area contributed by atoms with Crippen LogP contribution in [0.1, 0.15) is 12.8 Å². The fourth-order valence-electron chi connectivity index (χ4n) is 1.97. The summed E-state index contributed by atoms with van der Waals surface area (Å²) in [6.07, 6.45) is 2.54. The fourth-order valence-corrected chi connectivity index (χ4v) is 1.97. The van der Waals surface area contributed by atoms with Crippen molar-refractivity contribution in [1.29, 1.82) is 0 Å². The first-order chi connectivity index (χ1) is 6.33. The molecule has 0 radical (unpaired) electrons. The quantitative estimate of drug-likeness (QED) is 0.587. The van der Waals surface area contributed by atoms with Crippen molar-refractivity contribution >= 4 is 5.91 Å². The van der Waals surface area contributed by atoms with Gasteiger partial charge in [-0.15, -0.1) is 0 Å². The molecule has 1 aliphatic carbocycles. The van der Waals surface area contributed by atoms with Crippen molar-refractivity contribution in [1.82, 2.24) is 15.5 Å². The van der Waals surface area contributed by atoms with Crippen molar-refractivity contribution in [2.75, 3.05) is 26.7 Å². The Morgan fingerprint density at radius 3 is 2.92 bits per heavy atom. The number of carbonyl (C=O) groups excluding carboxylic acids is 1. The summed E-state index contributed by atoms with van der Waals surface area (Å²) < 4.78 is 0. The molecule has 4 nitrogen and oxygen atoms in total. The van der Waals surface area contributed by atoms with Crippen LogP contribution in [0, 0.1) is 0 Å². The molecule has 2 aliphatic rings. The first-order valence-corrected chi connectivity index (χ1v) is 5.01. The molecular weight excluding hydrogens is 166 g/mol. The lowest BCUT2D eigenvalue weighted by Crippen LogP contribution is -2.58. The maximum Gasteiger partial charge on any atom is 0.238 e. The van der Waals surface area contributed by atoms with E-state index in [1.165, 1.54) is 12.8 Å². The number of hydrogen-bond acceptors (Lipinski definition) is 3. The van der Waals surface area contributed by atoms with Gasteiger partial charge >= 0.3 is 0 Å². The Balaban J connectivity index is 1.99. The van der Waals surface area contributed by atoms with E-state index in [4.69, 9.17) is 0 Å². The Morgan fingerprint density at radius 1 is 1.54 bits per heavy atom. The zero-order valence-corrected chi connectivity index (χ0v) is 8.05. The smallest absolute Gasteiger partial charge is 0.238 e. The molecule has 1 unspecified atom stereocenters. The van der Waals surface area contributed by atoms with Crippen LogP contribution in [-0.2, 0) is 4.79 Å². The minimum absolute atomic E-state index is 0.0613. The molecule has 1 saturated carbocycles. The lowest BCUT2D eigenvalue weighted by Gasteiger charge is -2.34. The average molecular weight is 183 g/mol. The fraction of sp³-hybridized carbons (Fsp3) is 0.889. The molecule has 2 fully saturated rings. The van der Waals surface area contributed by atoms with E-state index in [2.05, 4.69) is 15.5 Å². The Hall–Kier alpha value is -0.610. The summed E-state index contributed by atoms with van der Waals surface area (Å²) in [5.74, 6) is 0.152. The molecule has 2 N–H and O–H groups in total. The van der Waals surface area contributed by atoms with Crippen molar-refractivity contribution in [2.45, 2.75) is 24.9 Å². The third-order valence-corrected chi connectivity index (χ3v) is 2.85. The van der Waals surface area contributed by atoms with Gasteiger partial charge in [-0.05, 0) is 12.8 Å². The van der Waals surface area contributed by atoms with Crippen molar-refractivity contribution in [3.8, 4) is 0 Å². The van der Waals surface area contributed by atoms with Gasteiger partial charge in [-0.2, -0.15) is 0 Å². The third kappa shape index (κ3) is 1.84. The molecule has 0 spiro atoms. The van der Waals surface area contributed by atoms with Gasteiger partial charge in [0.1, 0.15) is 6.04 Å². The van der Waals surface area contributed by atoms with E-state index in [9.17, 15) is 4.79 Å². The van der Waals surface area contributed by atoms with Crippen LogP contribution in [-0.4, -0.2) is 49.6 Å². The first kappa shape index (κ1) is 8.97. The molecule has 1 amide bonds. The van der Waals surface area contributed by atoms with Crippen LogP contribution < -0.4 is 10.6 Å². The number of hydrogen-bond donors (Lipinski definition) is 2. The van der Waals surface area contributed by atoms with Gasteiger partial charge in [0, 0.05) is 32.7 Å². The van der Waals surface area contributed by atoms with Gasteiger partial charge in [-0.1, -0.05) is 0 Å². The molecule has 1 atom stereocenters. The van der Waals surface area contributed by atoms with Crippen molar-refractivity contribution in [3.05, 3.63) is 0 Å². The molecule has 2 rings (SSSR count). The second kappa shape index (κ2) is 3.64. The summed E-state index contributed by atoms with van der Waals surface area (Å²) >= 11 is 0. The summed E-state index contributed by atoms with van der Waals surface area (Å²) in [6, 6.07) is 0.746. The number of nitrogens with one attached hydrogen (secondary N) is 2. The summed E-state index contributed by atoms with van der Waals surface area (Å²) in [6.45, 7) is 2.84. The van der Waals surface area contributed by atoms with Gasteiger partial charge in [0.15, 0.2) is 0 Å². The highest BCUT2D eigenvalue weighted by Crippen LogP contribution is 2.28. The summed E-state index contributed by atoms with van der Waals surface area (Å²) in [5, 5.41) is 5.99. The number of piperazine rings is 1. The highest BCUT2D eigenvalue weighted by atomic mass is 16.2. The normalized spacial score (nSPS) is 30.1. The molecular formula is C9H17N3O. The van der Waals surface area contributed by atoms with E-state index < -0.39 is 0 Å². The molecule has 0 aromatic rings. The Labute approximate surface area is 78.7 Å². The molecule has 0 aromatic carbocycles. The highest BCUT2D eigenvalue weighted by Gasteiger charge is 2.37. The van der Waals surface area contributed by atoms with Gasteiger partial charge in [0.2, 0.25) is 5.91 Å². The lowest BCUT2D eigenvalue weighted by atomic mass is 10.1. The Bertz CT molecular complexity index is 203. The Kier molecular flexibility index (Phi) is 2.51. The zero-order valence-electron chi connectivity index (χ0n) is 8.05. The van der Waals surface area contributed by atoms with Gasteiger partial charge < -0.3 is 10.6 Å². The minimum Gasteiger partial charge on any atom is -0.358 e. The molecule has 1 heterocycles. The molecule has 74 valence electrons. The van der Waals surface area contributed by atoms with Crippen LogP contribution in [0.3, 0.4) is 0 Å². The Morgan fingerprint density at radius 2 is 2.31 bits per heavy atom. The van der Waals surface area contributed by atoms with Crippen LogP contribution in [0.5, 0.6) is 0 Å². The van der Waals surface area contributed by atoms with Crippen LogP contribution in [0.15, 0.2) is 0 Å². The molecule has 1 saturated heterocycles. The first-order valence-electron chi connectivity index (χ1n) is 5.01. The SMILES string of the molecule is CNC(=O)C1CNCCN1C1CC1. The van der Waals surface area contributed by atoms with E-state index in [1.54, 1.807) is 7.05 Å².